The third-order valence-electron chi connectivity index (χ3n) is 4.67. The molecule has 0 unspecified atom stereocenters. The molecule has 0 aliphatic heterocycles. The molecule has 3 aromatic rings. The first kappa shape index (κ1) is 17.0. The van der Waals surface area contributed by atoms with E-state index in [9.17, 15) is 14.9 Å². The topological polar surface area (TPSA) is 74.9 Å². The van der Waals surface area contributed by atoms with Gasteiger partial charge in [0.2, 0.25) is 5.91 Å². The van der Waals surface area contributed by atoms with Crippen LogP contribution >= 0.6 is 22.7 Å². The molecule has 0 atom stereocenters. The molecule has 132 valence electrons. The quantitative estimate of drug-likeness (QED) is 0.742. The van der Waals surface area contributed by atoms with Crippen molar-refractivity contribution in [3.05, 3.63) is 49.9 Å². The van der Waals surface area contributed by atoms with Gasteiger partial charge in [0.25, 0.3) is 0 Å². The minimum atomic E-state index is -0.165. The first-order valence-corrected chi connectivity index (χ1v) is 10.2. The number of nitriles is 1. The number of rotatable bonds is 4. The first-order chi connectivity index (χ1) is 12.7. The van der Waals surface area contributed by atoms with Crippen molar-refractivity contribution in [3.8, 4) is 6.07 Å². The maximum absolute atomic E-state index is 12.4. The number of thiazole rings is 1. The molecule has 26 heavy (non-hydrogen) atoms. The number of hydrogen-bond acceptors (Lipinski definition) is 5. The van der Waals surface area contributed by atoms with Crippen molar-refractivity contribution in [1.82, 2.24) is 4.57 Å². The van der Waals surface area contributed by atoms with Crippen LogP contribution in [0.25, 0.3) is 10.2 Å². The third kappa shape index (κ3) is 3.06. The number of nitrogens with one attached hydrogen (secondary N) is 1. The number of carbonyl (C=O) groups excluding carboxylic acids is 1. The predicted octanol–water partition coefficient (Wildman–Crippen LogP) is 3.90. The fourth-order valence-electron chi connectivity index (χ4n) is 3.40. The van der Waals surface area contributed by atoms with Gasteiger partial charge in [0.1, 0.15) is 11.1 Å². The van der Waals surface area contributed by atoms with Gasteiger partial charge in [-0.1, -0.05) is 23.5 Å². The Kier molecular flexibility index (Phi) is 4.62. The number of thiophene rings is 1. The van der Waals surface area contributed by atoms with Crippen molar-refractivity contribution < 1.29 is 4.79 Å². The molecule has 0 fully saturated rings. The fourth-order valence-corrected chi connectivity index (χ4v) is 5.57. The molecule has 0 radical (unpaired) electrons. The molecule has 4 rings (SSSR count). The van der Waals surface area contributed by atoms with E-state index in [-0.39, 0.29) is 17.2 Å². The van der Waals surface area contributed by atoms with Crippen molar-refractivity contribution in [1.29, 1.82) is 5.26 Å². The molecular formula is C19H17N3O2S2. The van der Waals surface area contributed by atoms with Crippen LogP contribution in [-0.4, -0.2) is 10.5 Å². The van der Waals surface area contributed by atoms with Crippen LogP contribution in [0.4, 0.5) is 5.00 Å². The van der Waals surface area contributed by atoms with Crippen LogP contribution in [0.2, 0.25) is 0 Å². The number of anilines is 1. The number of amides is 1. The molecule has 0 saturated heterocycles. The number of para-hydroxylation sites is 1. The largest absolute Gasteiger partial charge is 0.317 e. The summed E-state index contributed by atoms with van der Waals surface area (Å²) in [6.07, 6.45) is 4.34. The zero-order valence-electron chi connectivity index (χ0n) is 14.1. The average Bonchev–Trinajstić information content (AvgIpc) is 3.15. The Labute approximate surface area is 158 Å². The Morgan fingerprint density at radius 2 is 2.04 bits per heavy atom. The SMILES string of the molecule is N#Cc1c(NC(=O)CCn2c(=O)sc3ccccc32)sc2c1CCCC2. The maximum atomic E-state index is 12.4. The number of fused-ring (bicyclic) bond motifs is 2. The molecule has 0 bridgehead atoms. The molecule has 1 amide bonds. The van der Waals surface area contributed by atoms with E-state index in [2.05, 4.69) is 11.4 Å². The molecule has 5 nitrogen and oxygen atoms in total. The zero-order chi connectivity index (χ0) is 18.1. The molecule has 1 aliphatic rings. The number of carbonyl (C=O) groups is 1. The Balaban J connectivity index is 1.50. The lowest BCUT2D eigenvalue weighted by atomic mass is 9.96. The molecule has 2 heterocycles. The Bertz CT molecular complexity index is 1080. The van der Waals surface area contributed by atoms with Crippen LogP contribution in [0.5, 0.6) is 0 Å². The lowest BCUT2D eigenvalue weighted by molar-refractivity contribution is -0.116. The summed E-state index contributed by atoms with van der Waals surface area (Å²) in [5, 5.41) is 13.0. The molecule has 0 saturated carbocycles. The Morgan fingerprint density at radius 3 is 2.88 bits per heavy atom. The normalized spacial score (nSPS) is 13.3. The Morgan fingerprint density at radius 1 is 1.23 bits per heavy atom. The summed E-state index contributed by atoms with van der Waals surface area (Å²) in [4.78, 5) is 25.7. The van der Waals surface area contributed by atoms with Gasteiger partial charge in [0, 0.05) is 17.8 Å². The summed E-state index contributed by atoms with van der Waals surface area (Å²) in [7, 11) is 0. The first-order valence-electron chi connectivity index (χ1n) is 8.60. The average molecular weight is 383 g/mol. The van der Waals surface area contributed by atoms with E-state index >= 15 is 0 Å². The maximum Gasteiger partial charge on any atom is 0.308 e. The van der Waals surface area contributed by atoms with Gasteiger partial charge < -0.3 is 5.32 Å². The second-order valence-electron chi connectivity index (χ2n) is 6.31. The number of aryl methyl sites for hydroxylation is 2. The number of benzene rings is 1. The van der Waals surface area contributed by atoms with E-state index in [1.165, 1.54) is 27.6 Å². The van der Waals surface area contributed by atoms with Gasteiger partial charge in [0.15, 0.2) is 0 Å². The van der Waals surface area contributed by atoms with Crippen molar-refractivity contribution in [2.24, 2.45) is 0 Å². The molecule has 1 aliphatic carbocycles. The van der Waals surface area contributed by atoms with Crippen LogP contribution < -0.4 is 10.2 Å². The highest BCUT2D eigenvalue weighted by Gasteiger charge is 2.21. The summed E-state index contributed by atoms with van der Waals surface area (Å²) in [6.45, 7) is 0.335. The van der Waals surface area contributed by atoms with Gasteiger partial charge in [-0.15, -0.1) is 11.3 Å². The summed E-state index contributed by atoms with van der Waals surface area (Å²) < 4.78 is 2.57. The van der Waals surface area contributed by atoms with E-state index in [1.807, 2.05) is 24.3 Å². The minimum Gasteiger partial charge on any atom is -0.317 e. The van der Waals surface area contributed by atoms with E-state index < -0.39 is 0 Å². The second kappa shape index (κ2) is 7.06. The number of nitrogens with zero attached hydrogens (tertiary/aromatic N) is 2. The molecule has 0 spiro atoms. The number of hydrogen-bond donors (Lipinski definition) is 1. The standard InChI is InChI=1S/C19H17N3O2S2/c20-11-13-12-5-1-3-7-15(12)25-18(13)21-17(23)9-10-22-14-6-2-4-8-16(14)26-19(22)24/h2,4,6,8H,1,3,5,7,9-10H2,(H,21,23). The second-order valence-corrected chi connectivity index (χ2v) is 8.41. The van der Waals surface area contributed by atoms with Crippen LogP contribution in [0.1, 0.15) is 35.3 Å². The van der Waals surface area contributed by atoms with Gasteiger partial charge in [-0.05, 0) is 43.4 Å². The van der Waals surface area contributed by atoms with Crippen LogP contribution in [-0.2, 0) is 24.2 Å². The summed E-state index contributed by atoms with van der Waals surface area (Å²) in [5.74, 6) is -0.165. The van der Waals surface area contributed by atoms with Gasteiger partial charge in [-0.2, -0.15) is 5.26 Å². The van der Waals surface area contributed by atoms with Crippen molar-refractivity contribution in [2.75, 3.05) is 5.32 Å². The molecule has 2 aromatic heterocycles. The van der Waals surface area contributed by atoms with E-state index in [0.717, 1.165) is 41.5 Å². The van der Waals surface area contributed by atoms with Crippen LogP contribution in [0.3, 0.4) is 0 Å². The van der Waals surface area contributed by atoms with Crippen LogP contribution in [0.15, 0.2) is 29.1 Å². The predicted molar refractivity (Wildman–Crippen MR) is 105 cm³/mol. The summed E-state index contributed by atoms with van der Waals surface area (Å²) in [5.41, 5.74) is 2.59. The van der Waals surface area contributed by atoms with Gasteiger partial charge in [-0.25, -0.2) is 0 Å². The monoisotopic (exact) mass is 383 g/mol. The zero-order valence-corrected chi connectivity index (χ0v) is 15.7. The lowest BCUT2D eigenvalue weighted by Gasteiger charge is -2.09. The van der Waals surface area contributed by atoms with Crippen molar-refractivity contribution >= 4 is 43.8 Å². The van der Waals surface area contributed by atoms with E-state index in [0.29, 0.717) is 17.1 Å². The molecular weight excluding hydrogens is 366 g/mol. The summed E-state index contributed by atoms with van der Waals surface area (Å²) >= 11 is 2.72. The van der Waals surface area contributed by atoms with Crippen molar-refractivity contribution in [2.45, 2.75) is 38.6 Å². The molecule has 1 aromatic carbocycles. The highest BCUT2D eigenvalue weighted by atomic mass is 32.1. The highest BCUT2D eigenvalue weighted by molar-refractivity contribution is 7.17. The fraction of sp³-hybridized carbons (Fsp3) is 0.316. The smallest absolute Gasteiger partial charge is 0.308 e. The Hall–Kier alpha value is -2.43. The van der Waals surface area contributed by atoms with Gasteiger partial charge >= 0.3 is 4.87 Å². The van der Waals surface area contributed by atoms with Gasteiger partial charge in [-0.3, -0.25) is 14.2 Å². The third-order valence-corrected chi connectivity index (χ3v) is 6.84. The van der Waals surface area contributed by atoms with Crippen LogP contribution in [0, 0.1) is 11.3 Å². The van der Waals surface area contributed by atoms with Crippen molar-refractivity contribution in [3.63, 3.8) is 0 Å². The summed E-state index contributed by atoms with van der Waals surface area (Å²) in [6, 6.07) is 9.85. The van der Waals surface area contributed by atoms with E-state index in [4.69, 9.17) is 0 Å². The molecule has 7 heteroatoms. The minimum absolute atomic E-state index is 0.0525. The van der Waals surface area contributed by atoms with E-state index in [1.54, 1.807) is 4.57 Å². The number of aromatic nitrogens is 1. The molecule has 1 N–H and O–H groups in total. The lowest BCUT2D eigenvalue weighted by Crippen LogP contribution is -2.19. The van der Waals surface area contributed by atoms with Gasteiger partial charge in [0.05, 0.1) is 15.8 Å². The highest BCUT2D eigenvalue weighted by Crippen LogP contribution is 2.37.